The lowest BCUT2D eigenvalue weighted by Crippen LogP contribution is -2.36. The molecule has 0 saturated carbocycles. The van der Waals surface area contributed by atoms with E-state index in [1.165, 1.54) is 0 Å². The van der Waals surface area contributed by atoms with E-state index in [0.29, 0.717) is 18.8 Å². The molecule has 0 aromatic carbocycles. The topological polar surface area (TPSA) is 75.3 Å². The van der Waals surface area contributed by atoms with Crippen molar-refractivity contribution < 1.29 is 14.4 Å². The van der Waals surface area contributed by atoms with Crippen LogP contribution in [-0.2, 0) is 14.4 Å². The minimum Gasteiger partial charge on any atom is -0.354 e. The third kappa shape index (κ3) is 20.6. The second-order valence-corrected chi connectivity index (χ2v) is 6.97. The first-order chi connectivity index (χ1) is 9.95. The summed E-state index contributed by atoms with van der Waals surface area (Å²) < 4.78 is 0. The molecule has 138 valence electrons. The van der Waals surface area contributed by atoms with Gasteiger partial charge in [0.2, 0.25) is 11.7 Å². The Bertz CT molecular complexity index is 316. The minimum absolute atomic E-state index is 0. The average Bonchev–Trinajstić information content (AvgIpc) is 2.25. The van der Waals surface area contributed by atoms with Crippen LogP contribution in [0.4, 0.5) is 0 Å². The van der Waals surface area contributed by atoms with Crippen molar-refractivity contribution in [3.8, 4) is 0 Å². The maximum Gasteiger partial charge on any atom is 0.287 e. The van der Waals surface area contributed by atoms with E-state index in [0.717, 1.165) is 0 Å². The summed E-state index contributed by atoms with van der Waals surface area (Å²) in [6, 6.07) is 0.305. The molecular formula is C18H38N2O3. The number of rotatable bonds is 7. The highest BCUT2D eigenvalue weighted by Crippen LogP contribution is 2.00. The molecule has 0 aromatic heterocycles. The molecule has 23 heavy (non-hydrogen) atoms. The fourth-order valence-corrected chi connectivity index (χ4v) is 1.56. The molecule has 5 heteroatoms. The van der Waals surface area contributed by atoms with Crippen LogP contribution >= 0.6 is 0 Å². The number of Topliss-reactive ketones (excluding diaryl/α,β-unsaturated/α-hetero) is 1. The van der Waals surface area contributed by atoms with Gasteiger partial charge in [0.05, 0.1) is 0 Å². The minimum atomic E-state index is -0.460. The lowest BCUT2D eigenvalue weighted by atomic mass is 10.1. The van der Waals surface area contributed by atoms with Crippen molar-refractivity contribution in [1.29, 1.82) is 0 Å². The van der Waals surface area contributed by atoms with E-state index in [9.17, 15) is 14.4 Å². The van der Waals surface area contributed by atoms with Crippen molar-refractivity contribution in [3.63, 3.8) is 0 Å². The Morgan fingerprint density at radius 3 is 1.39 bits per heavy atom. The lowest BCUT2D eigenvalue weighted by molar-refractivity contribution is -0.138. The van der Waals surface area contributed by atoms with Crippen LogP contribution in [0.15, 0.2) is 0 Å². The molecule has 0 aromatic rings. The smallest absolute Gasteiger partial charge is 0.287 e. The molecule has 5 nitrogen and oxygen atoms in total. The lowest BCUT2D eigenvalue weighted by Gasteiger charge is -2.09. The zero-order chi connectivity index (χ0) is 17.9. The summed E-state index contributed by atoms with van der Waals surface area (Å²) in [4.78, 5) is 33.1. The molecule has 0 atom stereocenters. The van der Waals surface area contributed by atoms with Gasteiger partial charge >= 0.3 is 0 Å². The van der Waals surface area contributed by atoms with Crippen LogP contribution in [0.5, 0.6) is 0 Å². The van der Waals surface area contributed by atoms with E-state index in [1.807, 2.05) is 55.4 Å². The zero-order valence-corrected chi connectivity index (χ0v) is 15.4. The number of nitrogens with one attached hydrogen (secondary N) is 2. The Morgan fingerprint density at radius 1 is 0.696 bits per heavy atom. The molecule has 0 aliphatic heterocycles. The van der Waals surface area contributed by atoms with E-state index < -0.39 is 5.91 Å². The van der Waals surface area contributed by atoms with Crippen LogP contribution in [0.25, 0.3) is 0 Å². The summed E-state index contributed by atoms with van der Waals surface area (Å²) in [5, 5.41) is 5.39. The third-order valence-electron chi connectivity index (χ3n) is 2.31. The van der Waals surface area contributed by atoms with Crippen LogP contribution in [0.2, 0.25) is 0 Å². The van der Waals surface area contributed by atoms with Crippen LogP contribution in [0, 0.1) is 11.8 Å². The van der Waals surface area contributed by atoms with Gasteiger partial charge in [-0.2, -0.15) is 0 Å². The number of amides is 2. The Kier molecular flexibility index (Phi) is 16.4. The van der Waals surface area contributed by atoms with Crippen molar-refractivity contribution in [2.45, 2.75) is 87.7 Å². The highest BCUT2D eigenvalue weighted by Gasteiger charge is 2.15. The van der Waals surface area contributed by atoms with E-state index >= 15 is 0 Å². The molecule has 0 fully saturated rings. The molecule has 0 bridgehead atoms. The fraction of sp³-hybridized carbons (Fsp3) is 0.833. The van der Waals surface area contributed by atoms with Gasteiger partial charge in [-0.25, -0.2) is 0 Å². The van der Waals surface area contributed by atoms with Gasteiger partial charge < -0.3 is 10.6 Å². The molecule has 2 amide bonds. The SMILES string of the molecule is C.CC(C)CC(=O)C(=O)NC(C)C.CC(C)CC(=O)NC(C)C. The number of ketones is 1. The van der Waals surface area contributed by atoms with E-state index in [4.69, 9.17) is 0 Å². The van der Waals surface area contributed by atoms with Crippen molar-refractivity contribution in [3.05, 3.63) is 0 Å². The first-order valence-electron chi connectivity index (χ1n) is 8.08. The van der Waals surface area contributed by atoms with Crippen LogP contribution < -0.4 is 10.6 Å². The average molecular weight is 331 g/mol. The summed E-state index contributed by atoms with van der Waals surface area (Å²) >= 11 is 0. The predicted molar refractivity (Wildman–Crippen MR) is 97.2 cm³/mol. The van der Waals surface area contributed by atoms with Crippen LogP contribution in [0.3, 0.4) is 0 Å². The summed E-state index contributed by atoms with van der Waals surface area (Å²) in [7, 11) is 0. The van der Waals surface area contributed by atoms with Crippen molar-refractivity contribution >= 4 is 17.6 Å². The molecule has 0 rings (SSSR count). The van der Waals surface area contributed by atoms with Crippen molar-refractivity contribution in [1.82, 2.24) is 10.6 Å². The van der Waals surface area contributed by atoms with Gasteiger partial charge in [-0.1, -0.05) is 35.1 Å². The zero-order valence-electron chi connectivity index (χ0n) is 15.4. The van der Waals surface area contributed by atoms with Crippen molar-refractivity contribution in [2.75, 3.05) is 0 Å². The van der Waals surface area contributed by atoms with Gasteiger partial charge in [-0.3, -0.25) is 14.4 Å². The normalized spacial score (nSPS) is 10.1. The predicted octanol–water partition coefficient (Wildman–Crippen LogP) is 3.32. The van der Waals surface area contributed by atoms with Crippen LogP contribution in [0.1, 0.15) is 75.7 Å². The van der Waals surface area contributed by atoms with Crippen molar-refractivity contribution in [2.24, 2.45) is 11.8 Å². The quantitative estimate of drug-likeness (QED) is 0.703. The van der Waals surface area contributed by atoms with Gasteiger partial charge in [0, 0.05) is 24.9 Å². The first-order valence-corrected chi connectivity index (χ1v) is 8.08. The van der Waals surface area contributed by atoms with Gasteiger partial charge in [0.15, 0.2) is 0 Å². The Morgan fingerprint density at radius 2 is 1.09 bits per heavy atom. The fourth-order valence-electron chi connectivity index (χ4n) is 1.56. The maximum atomic E-state index is 11.1. The molecule has 0 saturated heterocycles. The number of carbonyl (C=O) groups is 3. The molecule has 0 aliphatic rings. The summed E-state index contributed by atoms with van der Waals surface area (Å²) in [5.41, 5.74) is 0. The Hall–Kier alpha value is -1.39. The van der Waals surface area contributed by atoms with Gasteiger partial charge in [0.25, 0.3) is 5.91 Å². The molecule has 0 aliphatic carbocycles. The standard InChI is InChI=1S/C9H17NO2.C8H17NO.CH4/c1-6(2)5-8(11)9(12)10-7(3)4;1-6(2)5-8(10)9-7(3)4;/h6-7H,5H2,1-4H3,(H,10,12);6-7H,5H2,1-4H3,(H,9,10);1H4. The molecule has 2 N–H and O–H groups in total. The monoisotopic (exact) mass is 330 g/mol. The van der Waals surface area contributed by atoms with Crippen LogP contribution in [-0.4, -0.2) is 29.7 Å². The van der Waals surface area contributed by atoms with E-state index in [-0.39, 0.29) is 37.1 Å². The second-order valence-electron chi connectivity index (χ2n) is 6.97. The van der Waals surface area contributed by atoms with Gasteiger partial charge in [-0.15, -0.1) is 0 Å². The molecule has 0 heterocycles. The Balaban J connectivity index is -0.000000338. The largest absolute Gasteiger partial charge is 0.354 e. The molecular weight excluding hydrogens is 292 g/mol. The summed E-state index contributed by atoms with van der Waals surface area (Å²) in [5.74, 6) is 0.0802. The second kappa shape index (κ2) is 14.2. The highest BCUT2D eigenvalue weighted by molar-refractivity contribution is 6.36. The molecule has 0 spiro atoms. The highest BCUT2D eigenvalue weighted by atomic mass is 16.2. The molecule has 0 radical (unpaired) electrons. The number of carbonyl (C=O) groups excluding carboxylic acids is 3. The molecule has 0 unspecified atom stereocenters. The number of hydrogen-bond acceptors (Lipinski definition) is 3. The summed E-state index contributed by atoms with van der Waals surface area (Å²) in [6.45, 7) is 15.5. The van der Waals surface area contributed by atoms with E-state index in [2.05, 4.69) is 10.6 Å². The van der Waals surface area contributed by atoms with Gasteiger partial charge in [0.1, 0.15) is 0 Å². The van der Waals surface area contributed by atoms with E-state index in [1.54, 1.807) is 0 Å². The Labute approximate surface area is 143 Å². The maximum absolute atomic E-state index is 11.1. The van der Waals surface area contributed by atoms with Gasteiger partial charge in [-0.05, 0) is 39.5 Å². The third-order valence-corrected chi connectivity index (χ3v) is 2.31. The number of hydrogen-bond donors (Lipinski definition) is 2. The first kappa shape index (κ1) is 26.5. The summed E-state index contributed by atoms with van der Waals surface area (Å²) in [6.07, 6.45) is 0.969.